The van der Waals surface area contributed by atoms with Crippen LogP contribution in [0.2, 0.25) is 0 Å². The first kappa shape index (κ1) is 33.7. The first-order valence-electron chi connectivity index (χ1n) is 20.2. The van der Waals surface area contributed by atoms with E-state index in [2.05, 4.69) is 228 Å². The Morgan fingerprint density at radius 1 is 0.373 bits per heavy atom. The van der Waals surface area contributed by atoms with Crippen molar-refractivity contribution in [3.05, 3.63) is 218 Å². The van der Waals surface area contributed by atoms with E-state index in [0.717, 1.165) is 22.7 Å². The normalized spacial score (nSPS) is 11.7. The van der Waals surface area contributed by atoms with Gasteiger partial charge in [0, 0.05) is 53.6 Å². The number of para-hydroxylation sites is 2. The number of anilines is 3. The third kappa shape index (κ3) is 5.40. The zero-order valence-corrected chi connectivity index (χ0v) is 32.9. The van der Waals surface area contributed by atoms with Crippen molar-refractivity contribution in [1.82, 2.24) is 4.57 Å². The first-order valence-corrected chi connectivity index (χ1v) is 21.0. The van der Waals surface area contributed by atoms with E-state index < -0.39 is 0 Å². The van der Waals surface area contributed by atoms with Crippen LogP contribution >= 0.6 is 11.3 Å². The van der Waals surface area contributed by atoms with E-state index >= 15 is 0 Å². The highest BCUT2D eigenvalue weighted by molar-refractivity contribution is 7.26. The van der Waals surface area contributed by atoms with Gasteiger partial charge in [-0.05, 0) is 105 Å². The fourth-order valence-corrected chi connectivity index (χ4v) is 10.5. The minimum atomic E-state index is 1.09. The Kier molecular flexibility index (Phi) is 7.75. The van der Waals surface area contributed by atoms with E-state index in [4.69, 9.17) is 0 Å². The molecule has 10 aromatic carbocycles. The maximum absolute atomic E-state index is 2.49. The fourth-order valence-electron chi connectivity index (χ4n) is 9.34. The van der Waals surface area contributed by atoms with E-state index in [0.29, 0.717) is 0 Å². The number of rotatable bonds is 6. The summed E-state index contributed by atoms with van der Waals surface area (Å²) in [6.07, 6.45) is 0. The number of aromatic nitrogens is 1. The second-order valence-electron chi connectivity index (χ2n) is 15.3. The summed E-state index contributed by atoms with van der Waals surface area (Å²) >= 11 is 1.87. The van der Waals surface area contributed by atoms with E-state index in [1.165, 1.54) is 85.8 Å². The minimum Gasteiger partial charge on any atom is -0.310 e. The summed E-state index contributed by atoms with van der Waals surface area (Å²) in [4.78, 5) is 2.49. The molecule has 0 saturated carbocycles. The van der Waals surface area contributed by atoms with E-state index in [1.54, 1.807) is 0 Å². The fraction of sp³-hybridized carbons (Fsp3) is 0. The Morgan fingerprint density at radius 3 is 1.80 bits per heavy atom. The molecule has 2 aromatic heterocycles. The molecule has 2 nitrogen and oxygen atoms in total. The number of hydrogen-bond acceptors (Lipinski definition) is 2. The molecule has 276 valence electrons. The van der Waals surface area contributed by atoms with Gasteiger partial charge >= 0.3 is 0 Å². The predicted octanol–water partition coefficient (Wildman–Crippen LogP) is 16.3. The van der Waals surface area contributed by atoms with Gasteiger partial charge in [-0.25, -0.2) is 0 Å². The molecule has 0 aliphatic heterocycles. The molecule has 0 spiro atoms. The molecule has 0 aliphatic rings. The van der Waals surface area contributed by atoms with Crippen LogP contribution in [0, 0.1) is 0 Å². The van der Waals surface area contributed by atoms with Crippen molar-refractivity contribution in [2.45, 2.75) is 0 Å². The summed E-state index contributed by atoms with van der Waals surface area (Å²) in [5.41, 5.74) is 11.7. The highest BCUT2D eigenvalue weighted by atomic mass is 32.1. The van der Waals surface area contributed by atoms with Crippen LogP contribution in [-0.2, 0) is 0 Å². The van der Waals surface area contributed by atoms with Crippen LogP contribution in [0.1, 0.15) is 0 Å². The minimum absolute atomic E-state index is 1.09. The Hall–Kier alpha value is -7.46. The zero-order valence-electron chi connectivity index (χ0n) is 32.1. The van der Waals surface area contributed by atoms with Crippen LogP contribution in [-0.4, -0.2) is 4.57 Å². The monoisotopic (exact) mass is 768 g/mol. The van der Waals surface area contributed by atoms with Gasteiger partial charge in [-0.15, -0.1) is 11.3 Å². The van der Waals surface area contributed by atoms with Crippen molar-refractivity contribution in [3.8, 4) is 27.9 Å². The van der Waals surface area contributed by atoms with Crippen molar-refractivity contribution in [2.75, 3.05) is 4.90 Å². The van der Waals surface area contributed by atoms with Gasteiger partial charge in [-0.3, -0.25) is 0 Å². The van der Waals surface area contributed by atoms with Crippen molar-refractivity contribution in [1.29, 1.82) is 0 Å². The molecular weight excluding hydrogens is 733 g/mol. The summed E-state index contributed by atoms with van der Waals surface area (Å²) in [5.74, 6) is 0. The zero-order chi connectivity index (χ0) is 38.9. The topological polar surface area (TPSA) is 8.17 Å². The molecule has 12 aromatic rings. The van der Waals surface area contributed by atoms with Gasteiger partial charge in [0.1, 0.15) is 0 Å². The highest BCUT2D eigenvalue weighted by Crippen LogP contribution is 2.51. The van der Waals surface area contributed by atoms with Gasteiger partial charge < -0.3 is 9.47 Å². The molecule has 59 heavy (non-hydrogen) atoms. The lowest BCUT2D eigenvalue weighted by Crippen LogP contribution is -2.11. The molecule has 0 N–H and O–H groups in total. The summed E-state index contributed by atoms with van der Waals surface area (Å²) < 4.78 is 4.98. The van der Waals surface area contributed by atoms with Crippen LogP contribution in [0.15, 0.2) is 218 Å². The second kappa shape index (κ2) is 13.6. The van der Waals surface area contributed by atoms with Crippen molar-refractivity contribution in [3.63, 3.8) is 0 Å². The molecule has 0 unspecified atom stereocenters. The molecule has 0 aliphatic carbocycles. The Bertz CT molecular complexity index is 3540. The Morgan fingerprint density at radius 2 is 0.983 bits per heavy atom. The number of nitrogens with zero attached hydrogens (tertiary/aromatic N) is 2. The molecule has 0 fully saturated rings. The van der Waals surface area contributed by atoms with Crippen molar-refractivity contribution >= 4 is 91.9 Å². The average Bonchev–Trinajstić information content (AvgIpc) is 3.85. The number of benzene rings is 10. The van der Waals surface area contributed by atoms with Gasteiger partial charge in [0.25, 0.3) is 0 Å². The standard InChI is InChI=1S/C56H36N2S/c1-3-15-37(16-4-1)38-27-29-41(30-28-38)57(42-31-32-47-46-23-11-13-25-50(46)58(52(47)36-42)40-18-5-2-6-19-40)51-33-34-54-56(48-24-12-14-26-53(48)59-54)55(51)49-35-39-17-7-8-20-43(39)44-21-9-10-22-45(44)49/h1-36H. The van der Waals surface area contributed by atoms with Crippen molar-refractivity contribution in [2.24, 2.45) is 0 Å². The van der Waals surface area contributed by atoms with Crippen molar-refractivity contribution < 1.29 is 0 Å². The largest absolute Gasteiger partial charge is 0.310 e. The smallest absolute Gasteiger partial charge is 0.0561 e. The summed E-state index contributed by atoms with van der Waals surface area (Å²) in [5, 5.41) is 10.0. The Labute approximate surface area is 346 Å². The lowest BCUT2D eigenvalue weighted by atomic mass is 9.89. The van der Waals surface area contributed by atoms with Crippen LogP contribution in [0.3, 0.4) is 0 Å². The number of hydrogen-bond donors (Lipinski definition) is 0. The van der Waals surface area contributed by atoms with Gasteiger partial charge in [0.15, 0.2) is 0 Å². The first-order chi connectivity index (χ1) is 29.3. The van der Waals surface area contributed by atoms with Crippen LogP contribution < -0.4 is 4.90 Å². The summed E-state index contributed by atoms with van der Waals surface area (Å²) in [6.45, 7) is 0. The molecule has 0 bridgehead atoms. The maximum atomic E-state index is 2.49. The van der Waals surface area contributed by atoms with E-state index in [-0.39, 0.29) is 0 Å². The summed E-state index contributed by atoms with van der Waals surface area (Å²) in [7, 11) is 0. The third-order valence-corrected chi connectivity index (χ3v) is 13.1. The second-order valence-corrected chi connectivity index (χ2v) is 16.3. The quantitative estimate of drug-likeness (QED) is 0.153. The third-order valence-electron chi connectivity index (χ3n) is 12.0. The van der Waals surface area contributed by atoms with Gasteiger partial charge in [0.05, 0.1) is 16.7 Å². The van der Waals surface area contributed by atoms with Crippen LogP contribution in [0.5, 0.6) is 0 Å². The molecule has 0 radical (unpaired) electrons. The molecule has 2 heterocycles. The van der Waals surface area contributed by atoms with E-state index in [9.17, 15) is 0 Å². The van der Waals surface area contributed by atoms with Crippen LogP contribution in [0.25, 0.3) is 91.5 Å². The predicted molar refractivity (Wildman–Crippen MR) is 254 cm³/mol. The number of fused-ring (bicyclic) bond motifs is 9. The van der Waals surface area contributed by atoms with E-state index in [1.807, 2.05) is 11.3 Å². The molecule has 3 heteroatoms. The maximum Gasteiger partial charge on any atom is 0.0561 e. The summed E-state index contributed by atoms with van der Waals surface area (Å²) in [6, 6.07) is 80.1. The Balaban J connectivity index is 1.20. The SMILES string of the molecule is c1ccc(-c2ccc(N(c3ccc4c5ccccc5n(-c5ccccc5)c4c3)c3ccc4sc5ccccc5c4c3-c3cc4ccccc4c4ccccc34)cc2)cc1. The van der Waals surface area contributed by atoms with Gasteiger partial charge in [-0.2, -0.15) is 0 Å². The molecule has 12 rings (SSSR count). The number of thiophene rings is 1. The molecule has 0 saturated heterocycles. The lowest BCUT2D eigenvalue weighted by molar-refractivity contribution is 1.18. The average molecular weight is 769 g/mol. The highest BCUT2D eigenvalue weighted by Gasteiger charge is 2.25. The molecular formula is C56H36N2S. The molecule has 0 atom stereocenters. The van der Waals surface area contributed by atoms with Crippen LogP contribution in [0.4, 0.5) is 17.1 Å². The molecule has 0 amide bonds. The van der Waals surface area contributed by atoms with Gasteiger partial charge in [0.2, 0.25) is 0 Å². The van der Waals surface area contributed by atoms with Gasteiger partial charge in [-0.1, -0.05) is 152 Å². The lowest BCUT2D eigenvalue weighted by Gasteiger charge is -2.29.